The number of benzene rings is 1. The van der Waals surface area contributed by atoms with Gasteiger partial charge in [-0.1, -0.05) is 12.1 Å². The fourth-order valence-corrected chi connectivity index (χ4v) is 3.52. The lowest BCUT2D eigenvalue weighted by atomic mass is 10.0. The molecule has 0 aromatic heterocycles. The van der Waals surface area contributed by atoms with Gasteiger partial charge < -0.3 is 14.7 Å². The predicted octanol–water partition coefficient (Wildman–Crippen LogP) is 1.20. The van der Waals surface area contributed by atoms with Gasteiger partial charge in [0, 0.05) is 19.1 Å². The summed E-state index contributed by atoms with van der Waals surface area (Å²) in [5.74, 6) is -0.996. The highest BCUT2D eigenvalue weighted by Crippen LogP contribution is 2.29. The topological polar surface area (TPSA) is 43.9 Å². The maximum Gasteiger partial charge on any atom is 0.257 e. The molecule has 0 aliphatic carbocycles. The van der Waals surface area contributed by atoms with Crippen molar-refractivity contribution in [3.05, 3.63) is 35.6 Å². The van der Waals surface area contributed by atoms with Gasteiger partial charge in [-0.25, -0.2) is 4.39 Å². The van der Waals surface area contributed by atoms with Gasteiger partial charge in [-0.3, -0.25) is 9.59 Å². The number of halogens is 1. The number of hydrogen-bond acceptors (Lipinski definition) is 3. The first-order valence-electron chi connectivity index (χ1n) is 7.92. The van der Waals surface area contributed by atoms with Gasteiger partial charge in [-0.15, -0.1) is 0 Å². The number of carbonyl (C=O) groups is 2. The molecule has 0 saturated carbocycles. The average molecular weight is 319 g/mol. The van der Waals surface area contributed by atoms with Gasteiger partial charge in [0.2, 0.25) is 5.91 Å². The van der Waals surface area contributed by atoms with Crippen LogP contribution in [0.1, 0.15) is 23.7 Å². The van der Waals surface area contributed by atoms with E-state index in [2.05, 4.69) is 4.90 Å². The highest BCUT2D eigenvalue weighted by Gasteiger charge is 2.45. The molecule has 0 bridgehead atoms. The normalized spacial score (nSPS) is 27.5. The van der Waals surface area contributed by atoms with Crippen LogP contribution in [0, 0.1) is 5.82 Å². The Labute approximate surface area is 135 Å². The van der Waals surface area contributed by atoms with Crippen LogP contribution in [0.5, 0.6) is 0 Å². The lowest BCUT2D eigenvalue weighted by Crippen LogP contribution is -2.60. The van der Waals surface area contributed by atoms with E-state index in [9.17, 15) is 14.0 Å². The molecule has 1 aromatic carbocycles. The Kier molecular flexibility index (Phi) is 4.10. The summed E-state index contributed by atoms with van der Waals surface area (Å²) in [6, 6.07) is 5.70. The number of amides is 2. The Balaban J connectivity index is 1.84. The Hall–Kier alpha value is -1.95. The summed E-state index contributed by atoms with van der Waals surface area (Å²) in [5, 5.41) is 0. The van der Waals surface area contributed by atoms with Crippen LogP contribution in [0.2, 0.25) is 0 Å². The zero-order chi connectivity index (χ0) is 16.7. The maximum atomic E-state index is 13.9. The number of fused-ring (bicyclic) bond motifs is 1. The molecule has 0 N–H and O–H groups in total. The van der Waals surface area contributed by atoms with Crippen molar-refractivity contribution < 1.29 is 14.0 Å². The summed E-state index contributed by atoms with van der Waals surface area (Å²) in [4.78, 5) is 30.8. The van der Waals surface area contributed by atoms with Crippen LogP contribution >= 0.6 is 0 Å². The first-order chi connectivity index (χ1) is 10.9. The van der Waals surface area contributed by atoms with Crippen molar-refractivity contribution in [2.45, 2.75) is 31.5 Å². The van der Waals surface area contributed by atoms with Crippen molar-refractivity contribution in [3.8, 4) is 0 Å². The second-order valence-electron chi connectivity index (χ2n) is 6.61. The molecule has 23 heavy (non-hydrogen) atoms. The molecule has 3 atom stereocenters. The molecule has 2 fully saturated rings. The monoisotopic (exact) mass is 319 g/mol. The molecule has 0 unspecified atom stereocenters. The third kappa shape index (κ3) is 2.72. The van der Waals surface area contributed by atoms with E-state index in [1.54, 1.807) is 19.1 Å². The van der Waals surface area contributed by atoms with Gasteiger partial charge in [0.05, 0.1) is 11.6 Å². The third-order valence-corrected chi connectivity index (χ3v) is 5.00. The highest BCUT2D eigenvalue weighted by atomic mass is 19.1. The van der Waals surface area contributed by atoms with Crippen molar-refractivity contribution in [1.82, 2.24) is 14.7 Å². The molecule has 2 amide bonds. The quantitative estimate of drug-likeness (QED) is 0.823. The minimum absolute atomic E-state index is 0.0156. The van der Waals surface area contributed by atoms with Crippen molar-refractivity contribution in [3.63, 3.8) is 0 Å². The Bertz CT molecular complexity index is 634. The molecule has 2 aliphatic heterocycles. The molecule has 0 radical (unpaired) electrons. The fraction of sp³-hybridized carbons (Fsp3) is 0.529. The average Bonchev–Trinajstić information content (AvgIpc) is 2.95. The second-order valence-corrected chi connectivity index (χ2v) is 6.61. The van der Waals surface area contributed by atoms with Gasteiger partial charge in [-0.2, -0.15) is 0 Å². The molecular formula is C17H22FN3O2. The van der Waals surface area contributed by atoms with Crippen LogP contribution in [0.15, 0.2) is 24.3 Å². The molecule has 6 heteroatoms. The largest absolute Gasteiger partial charge is 0.335 e. The minimum Gasteiger partial charge on any atom is -0.335 e. The number of carbonyl (C=O) groups excluding carboxylic acids is 2. The zero-order valence-corrected chi connectivity index (χ0v) is 13.7. The molecule has 5 nitrogen and oxygen atoms in total. The highest BCUT2D eigenvalue weighted by molar-refractivity contribution is 5.98. The number of rotatable bonds is 2. The Morgan fingerprint density at radius 2 is 1.96 bits per heavy atom. The van der Waals surface area contributed by atoms with Crippen LogP contribution in [0.25, 0.3) is 0 Å². The maximum absolute atomic E-state index is 13.9. The van der Waals surface area contributed by atoms with Crippen molar-refractivity contribution in [2.24, 2.45) is 0 Å². The van der Waals surface area contributed by atoms with Crippen molar-refractivity contribution >= 4 is 11.8 Å². The van der Waals surface area contributed by atoms with E-state index >= 15 is 0 Å². The van der Waals surface area contributed by atoms with Crippen LogP contribution < -0.4 is 0 Å². The summed E-state index contributed by atoms with van der Waals surface area (Å²) in [7, 11) is 4.00. The molecule has 3 rings (SSSR count). The number of hydrogen-bond donors (Lipinski definition) is 0. The number of nitrogens with zero attached hydrogens (tertiary/aromatic N) is 3. The van der Waals surface area contributed by atoms with E-state index < -0.39 is 17.8 Å². The predicted molar refractivity (Wildman–Crippen MR) is 84.5 cm³/mol. The van der Waals surface area contributed by atoms with Crippen LogP contribution in [0.3, 0.4) is 0 Å². The van der Waals surface area contributed by atoms with Gasteiger partial charge >= 0.3 is 0 Å². The van der Waals surface area contributed by atoms with Crippen LogP contribution in [-0.4, -0.2) is 71.8 Å². The van der Waals surface area contributed by atoms with E-state index in [-0.39, 0.29) is 17.5 Å². The summed E-state index contributed by atoms with van der Waals surface area (Å²) < 4.78 is 13.9. The van der Waals surface area contributed by atoms with Gasteiger partial charge in [0.25, 0.3) is 5.91 Å². The molecule has 124 valence electrons. The standard InChI is InChI=1S/C17H22FN3O2/c1-11-16(22)21-9-12(19(2)3)8-13(21)10-20(11)17(23)14-6-4-5-7-15(14)18/h4-7,11-13H,8-10H2,1-3H3/t11-,12-,13-/m0/s1. The molecule has 2 saturated heterocycles. The van der Waals surface area contributed by atoms with Gasteiger partial charge in [0.15, 0.2) is 0 Å². The zero-order valence-electron chi connectivity index (χ0n) is 13.7. The summed E-state index contributed by atoms with van der Waals surface area (Å²) in [5.41, 5.74) is 0.0303. The van der Waals surface area contributed by atoms with E-state index in [0.29, 0.717) is 19.1 Å². The fourth-order valence-electron chi connectivity index (χ4n) is 3.52. The second kappa shape index (κ2) is 5.92. The van der Waals surface area contributed by atoms with Gasteiger partial charge in [-0.05, 0) is 39.6 Å². The smallest absolute Gasteiger partial charge is 0.257 e. The van der Waals surface area contributed by atoms with Gasteiger partial charge in [0.1, 0.15) is 11.9 Å². The lowest BCUT2D eigenvalue weighted by molar-refractivity contribution is -0.141. The van der Waals surface area contributed by atoms with E-state index in [4.69, 9.17) is 0 Å². The molecule has 2 aliphatic rings. The summed E-state index contributed by atoms with van der Waals surface area (Å²) >= 11 is 0. The molecule has 2 heterocycles. The molecular weight excluding hydrogens is 297 g/mol. The van der Waals surface area contributed by atoms with E-state index in [1.165, 1.54) is 17.0 Å². The first-order valence-corrected chi connectivity index (χ1v) is 7.92. The summed E-state index contributed by atoms with van der Waals surface area (Å²) in [6.07, 6.45) is 0.840. The van der Waals surface area contributed by atoms with E-state index in [0.717, 1.165) is 6.42 Å². The number of piperazine rings is 1. The van der Waals surface area contributed by atoms with Crippen LogP contribution in [0.4, 0.5) is 4.39 Å². The number of likely N-dealkylation sites (N-methyl/N-ethyl adjacent to an activating group) is 1. The molecule has 0 spiro atoms. The first kappa shape index (κ1) is 15.9. The van der Waals surface area contributed by atoms with Crippen molar-refractivity contribution in [1.29, 1.82) is 0 Å². The summed E-state index contributed by atoms with van der Waals surface area (Å²) in [6.45, 7) is 2.88. The SMILES string of the molecule is C[C@H]1C(=O)N2C[C@@H](N(C)C)C[C@H]2CN1C(=O)c1ccccc1F. The van der Waals surface area contributed by atoms with E-state index in [1.807, 2.05) is 19.0 Å². The minimum atomic E-state index is -0.556. The van der Waals surface area contributed by atoms with Crippen LogP contribution in [-0.2, 0) is 4.79 Å². The third-order valence-electron chi connectivity index (χ3n) is 5.00. The lowest BCUT2D eigenvalue weighted by Gasteiger charge is -2.41. The Morgan fingerprint density at radius 1 is 1.26 bits per heavy atom. The Morgan fingerprint density at radius 3 is 2.61 bits per heavy atom. The molecule has 1 aromatic rings. The van der Waals surface area contributed by atoms with Crippen molar-refractivity contribution in [2.75, 3.05) is 27.2 Å².